The highest BCUT2D eigenvalue weighted by Crippen LogP contribution is 2.32. The fourth-order valence-electron chi connectivity index (χ4n) is 4.39. The molecule has 0 radical (unpaired) electrons. The third-order valence-corrected chi connectivity index (χ3v) is 5.95. The minimum Gasteiger partial charge on any atom is -0.493 e. The monoisotopic (exact) mass is 403 g/mol. The van der Waals surface area contributed by atoms with Crippen LogP contribution in [0.15, 0.2) is 53.5 Å². The molecule has 6 nitrogen and oxygen atoms in total. The van der Waals surface area contributed by atoms with Crippen molar-refractivity contribution in [1.82, 2.24) is 10.6 Å². The molecule has 2 unspecified atom stereocenters. The van der Waals surface area contributed by atoms with E-state index in [2.05, 4.69) is 38.7 Å². The van der Waals surface area contributed by atoms with Gasteiger partial charge < -0.3 is 20.3 Å². The van der Waals surface area contributed by atoms with Crippen LogP contribution >= 0.6 is 0 Å². The first-order chi connectivity index (χ1) is 14.8. The van der Waals surface area contributed by atoms with Crippen molar-refractivity contribution in [3.63, 3.8) is 0 Å². The Morgan fingerprint density at radius 3 is 2.90 bits per heavy atom. The molecule has 2 atom stereocenters. The largest absolute Gasteiger partial charge is 0.493 e. The normalized spacial score (nSPS) is 21.2. The molecule has 2 N–H and O–H groups in total. The van der Waals surface area contributed by atoms with Crippen LogP contribution in [0, 0.1) is 11.3 Å². The number of benzene rings is 2. The number of nitrogens with one attached hydrogen (secondary N) is 2. The van der Waals surface area contributed by atoms with Crippen LogP contribution in [-0.2, 0) is 0 Å². The quantitative estimate of drug-likeness (QED) is 0.606. The lowest BCUT2D eigenvalue weighted by molar-refractivity contribution is 0.267. The summed E-state index contributed by atoms with van der Waals surface area (Å²) in [4.78, 5) is 6.75. The number of aliphatic imine (C=N–C) groups is 1. The third-order valence-electron chi connectivity index (χ3n) is 5.95. The molecule has 6 heteroatoms. The van der Waals surface area contributed by atoms with Gasteiger partial charge in [0.1, 0.15) is 11.8 Å². The first-order valence-corrected chi connectivity index (χ1v) is 10.7. The summed E-state index contributed by atoms with van der Waals surface area (Å²) in [6, 6.07) is 18.7. The average molecular weight is 404 g/mol. The highest BCUT2D eigenvalue weighted by Gasteiger charge is 2.24. The number of hydrogen-bond donors (Lipinski definition) is 2. The number of piperidine rings is 1. The molecule has 30 heavy (non-hydrogen) atoms. The van der Waals surface area contributed by atoms with E-state index in [1.807, 2.05) is 43.4 Å². The van der Waals surface area contributed by atoms with E-state index in [1.54, 1.807) is 0 Å². The van der Waals surface area contributed by atoms with Crippen molar-refractivity contribution in [2.24, 2.45) is 4.99 Å². The number of anilines is 1. The number of ether oxygens (including phenoxy) is 1. The SMILES string of the molecule is CN=C(NCC1CCOc2ccccc21)NC1CCCN(c2ccccc2C#N)C1. The van der Waals surface area contributed by atoms with Crippen LogP contribution in [0.5, 0.6) is 5.75 Å². The predicted octanol–water partition coefficient (Wildman–Crippen LogP) is 3.26. The van der Waals surface area contributed by atoms with Gasteiger partial charge in [-0.15, -0.1) is 0 Å². The van der Waals surface area contributed by atoms with Crippen LogP contribution in [0.3, 0.4) is 0 Å². The maximum absolute atomic E-state index is 9.43. The molecule has 0 bridgehead atoms. The minimum atomic E-state index is 0.290. The summed E-state index contributed by atoms with van der Waals surface area (Å²) in [6.07, 6.45) is 3.18. The van der Waals surface area contributed by atoms with Crippen molar-refractivity contribution < 1.29 is 4.74 Å². The zero-order valence-electron chi connectivity index (χ0n) is 17.5. The first-order valence-electron chi connectivity index (χ1n) is 10.7. The molecule has 2 aromatic carbocycles. The second-order valence-corrected chi connectivity index (χ2v) is 7.88. The van der Waals surface area contributed by atoms with Crippen LogP contribution in [0.1, 0.15) is 36.3 Å². The Morgan fingerprint density at radius 2 is 2.03 bits per heavy atom. The van der Waals surface area contributed by atoms with Gasteiger partial charge in [0.05, 0.1) is 17.9 Å². The molecule has 0 amide bonds. The van der Waals surface area contributed by atoms with E-state index in [9.17, 15) is 5.26 Å². The summed E-state index contributed by atoms with van der Waals surface area (Å²) >= 11 is 0. The summed E-state index contributed by atoms with van der Waals surface area (Å²) in [5, 5.41) is 16.5. The average Bonchev–Trinajstić information content (AvgIpc) is 2.81. The summed E-state index contributed by atoms with van der Waals surface area (Å²) in [5.41, 5.74) is 3.02. The molecule has 1 saturated heterocycles. The fraction of sp³-hybridized carbons (Fsp3) is 0.417. The molecule has 2 heterocycles. The van der Waals surface area contributed by atoms with Gasteiger partial charge in [0, 0.05) is 38.6 Å². The molecule has 2 aliphatic rings. The highest BCUT2D eigenvalue weighted by molar-refractivity contribution is 5.80. The lowest BCUT2D eigenvalue weighted by atomic mass is 9.93. The second-order valence-electron chi connectivity index (χ2n) is 7.88. The van der Waals surface area contributed by atoms with Gasteiger partial charge in [0.15, 0.2) is 5.96 Å². The molecule has 156 valence electrons. The van der Waals surface area contributed by atoms with E-state index < -0.39 is 0 Å². The molecular weight excluding hydrogens is 374 g/mol. The fourth-order valence-corrected chi connectivity index (χ4v) is 4.39. The van der Waals surface area contributed by atoms with Crippen molar-refractivity contribution in [1.29, 1.82) is 5.26 Å². The molecule has 1 fully saturated rings. The minimum absolute atomic E-state index is 0.290. The predicted molar refractivity (Wildman–Crippen MR) is 120 cm³/mol. The van der Waals surface area contributed by atoms with Gasteiger partial charge in [-0.25, -0.2) is 0 Å². The number of guanidine groups is 1. The summed E-state index contributed by atoms with van der Waals surface area (Å²) in [5.74, 6) is 2.25. The molecule has 2 aromatic rings. The van der Waals surface area contributed by atoms with Gasteiger partial charge in [-0.05, 0) is 43.0 Å². The number of nitrogens with zero attached hydrogens (tertiary/aromatic N) is 3. The summed E-state index contributed by atoms with van der Waals surface area (Å²) in [7, 11) is 1.82. The van der Waals surface area contributed by atoms with E-state index in [0.29, 0.717) is 12.0 Å². The standard InChI is InChI=1S/C24H29N5O/c1-26-24(27-16-19-12-14-30-23-11-5-3-9-21(19)23)28-20-8-6-13-29(17-20)22-10-4-2-7-18(22)15-25/h2-5,7,9-11,19-20H,6,8,12-14,16-17H2,1H3,(H2,26,27,28). The highest BCUT2D eigenvalue weighted by atomic mass is 16.5. The number of rotatable bonds is 4. The van der Waals surface area contributed by atoms with E-state index >= 15 is 0 Å². The Kier molecular flexibility index (Phi) is 6.38. The molecule has 0 saturated carbocycles. The Balaban J connectivity index is 1.36. The summed E-state index contributed by atoms with van der Waals surface area (Å²) in [6.45, 7) is 3.42. The van der Waals surface area contributed by atoms with Crippen molar-refractivity contribution in [2.45, 2.75) is 31.2 Å². The Bertz CT molecular complexity index is 935. The lowest BCUT2D eigenvalue weighted by Gasteiger charge is -2.36. The zero-order valence-corrected chi connectivity index (χ0v) is 17.5. The van der Waals surface area contributed by atoms with Crippen LogP contribution in [-0.4, -0.2) is 45.3 Å². The van der Waals surface area contributed by atoms with E-state index in [1.165, 1.54) is 5.56 Å². The topological polar surface area (TPSA) is 72.7 Å². The van der Waals surface area contributed by atoms with Crippen molar-refractivity contribution >= 4 is 11.6 Å². The number of para-hydroxylation sites is 2. The van der Waals surface area contributed by atoms with Gasteiger partial charge in [0.2, 0.25) is 0 Å². The molecule has 4 rings (SSSR count). The summed E-state index contributed by atoms with van der Waals surface area (Å²) < 4.78 is 5.78. The van der Waals surface area contributed by atoms with Gasteiger partial charge >= 0.3 is 0 Å². The maximum atomic E-state index is 9.43. The van der Waals surface area contributed by atoms with Crippen LogP contribution in [0.4, 0.5) is 5.69 Å². The number of nitriles is 1. The van der Waals surface area contributed by atoms with Gasteiger partial charge in [0.25, 0.3) is 0 Å². The van der Waals surface area contributed by atoms with Gasteiger partial charge in [-0.1, -0.05) is 30.3 Å². The second kappa shape index (κ2) is 9.53. The Morgan fingerprint density at radius 1 is 1.20 bits per heavy atom. The molecule has 0 aliphatic carbocycles. The Hall–Kier alpha value is -3.20. The molecule has 0 spiro atoms. The zero-order chi connectivity index (χ0) is 20.8. The van der Waals surface area contributed by atoms with Crippen LogP contribution in [0.25, 0.3) is 0 Å². The number of hydrogen-bond acceptors (Lipinski definition) is 4. The first kappa shape index (κ1) is 20.1. The Labute approximate surface area is 178 Å². The van der Waals surface area contributed by atoms with Crippen molar-refractivity contribution in [3.05, 3.63) is 59.7 Å². The lowest BCUT2D eigenvalue weighted by Crippen LogP contribution is -2.52. The van der Waals surface area contributed by atoms with Gasteiger partial charge in [-0.3, -0.25) is 4.99 Å². The van der Waals surface area contributed by atoms with Crippen LogP contribution < -0.4 is 20.3 Å². The molecule has 0 aromatic heterocycles. The van der Waals surface area contributed by atoms with E-state index in [0.717, 1.165) is 68.5 Å². The van der Waals surface area contributed by atoms with Gasteiger partial charge in [-0.2, -0.15) is 5.26 Å². The molecule has 2 aliphatic heterocycles. The van der Waals surface area contributed by atoms with Crippen molar-refractivity contribution in [3.8, 4) is 11.8 Å². The van der Waals surface area contributed by atoms with E-state index in [-0.39, 0.29) is 0 Å². The smallest absolute Gasteiger partial charge is 0.191 e. The number of fused-ring (bicyclic) bond motifs is 1. The van der Waals surface area contributed by atoms with E-state index in [4.69, 9.17) is 4.74 Å². The van der Waals surface area contributed by atoms with Crippen molar-refractivity contribution in [2.75, 3.05) is 38.2 Å². The van der Waals surface area contributed by atoms with Crippen LogP contribution in [0.2, 0.25) is 0 Å². The maximum Gasteiger partial charge on any atom is 0.191 e. The third kappa shape index (κ3) is 4.51. The molecular formula is C24H29N5O.